The molecular formula is C15H15Cl2NO4. The number of fused-ring (bicyclic) bond motifs is 1. The van der Waals surface area contributed by atoms with Gasteiger partial charge in [0.15, 0.2) is 6.61 Å². The first-order chi connectivity index (χ1) is 10.5. The second-order valence-electron chi connectivity index (χ2n) is 5.83. The summed E-state index contributed by atoms with van der Waals surface area (Å²) in [5.41, 5.74) is 1.97. The predicted molar refractivity (Wildman–Crippen MR) is 82.5 cm³/mol. The lowest BCUT2D eigenvalue weighted by molar-refractivity contribution is -0.139. The van der Waals surface area contributed by atoms with Crippen molar-refractivity contribution in [3.63, 3.8) is 0 Å². The minimum absolute atomic E-state index is 0.151. The van der Waals surface area contributed by atoms with Gasteiger partial charge in [0.2, 0.25) is 0 Å². The van der Waals surface area contributed by atoms with Gasteiger partial charge in [0.25, 0.3) is 0 Å². The molecule has 2 aliphatic rings. The molecule has 0 aromatic heterocycles. The van der Waals surface area contributed by atoms with Crippen molar-refractivity contribution < 1.29 is 19.8 Å². The van der Waals surface area contributed by atoms with E-state index in [0.29, 0.717) is 17.7 Å². The van der Waals surface area contributed by atoms with Crippen molar-refractivity contribution in [3.05, 3.63) is 27.2 Å². The molecule has 22 heavy (non-hydrogen) atoms. The van der Waals surface area contributed by atoms with E-state index in [1.807, 2.05) is 0 Å². The highest BCUT2D eigenvalue weighted by molar-refractivity contribution is 6.45. The number of aliphatic carboxylic acids is 1. The highest BCUT2D eigenvalue weighted by atomic mass is 35.5. The summed E-state index contributed by atoms with van der Waals surface area (Å²) < 4.78 is 5.21. The third-order valence-electron chi connectivity index (χ3n) is 4.53. The van der Waals surface area contributed by atoms with Gasteiger partial charge in [0.05, 0.1) is 10.7 Å². The minimum Gasteiger partial charge on any atom is -0.480 e. The molecule has 0 amide bonds. The quantitative estimate of drug-likeness (QED) is 0.647. The third kappa shape index (κ3) is 2.32. The lowest BCUT2D eigenvalue weighted by atomic mass is 9.81. The first-order valence-electron chi connectivity index (χ1n) is 7.07. The number of rotatable bonds is 3. The van der Waals surface area contributed by atoms with E-state index in [2.05, 4.69) is 5.16 Å². The number of carboxylic acid groups (broad SMARTS) is 1. The summed E-state index contributed by atoms with van der Waals surface area (Å²) in [4.78, 5) is 10.7. The molecule has 0 radical (unpaired) electrons. The normalized spacial score (nSPS) is 20.5. The Bertz CT molecular complexity index is 666. The number of nitrogens with zero attached hydrogens (tertiary/aromatic N) is 1. The van der Waals surface area contributed by atoms with Crippen LogP contribution in [0.2, 0.25) is 10.0 Å². The molecule has 1 fully saturated rings. The molecule has 0 atom stereocenters. The number of carboxylic acids is 1. The van der Waals surface area contributed by atoms with E-state index in [0.717, 1.165) is 31.2 Å². The summed E-state index contributed by atoms with van der Waals surface area (Å²) in [6, 6.07) is 1.71. The van der Waals surface area contributed by atoms with Crippen LogP contribution in [-0.4, -0.2) is 28.6 Å². The fourth-order valence-electron chi connectivity index (χ4n) is 3.63. The molecule has 1 aromatic rings. The Morgan fingerprint density at radius 3 is 2.59 bits per heavy atom. The van der Waals surface area contributed by atoms with Crippen molar-refractivity contribution in [1.29, 1.82) is 0 Å². The number of oxime groups is 1. The largest absolute Gasteiger partial charge is 0.480 e. The standard InChI is InChI=1S/C15H15Cl2NO4/c16-12-9(22-7-10(19)20)5-8-6-15(3-1-2-4-15)14(18-21)11(8)13(12)17/h5,21H,1-4,6-7H2,(H,19,20). The lowest BCUT2D eigenvalue weighted by Gasteiger charge is -2.22. The first kappa shape index (κ1) is 15.4. The van der Waals surface area contributed by atoms with Gasteiger partial charge in [-0.3, -0.25) is 0 Å². The topological polar surface area (TPSA) is 79.1 Å². The number of hydrogen-bond donors (Lipinski definition) is 2. The van der Waals surface area contributed by atoms with Gasteiger partial charge in [-0.2, -0.15) is 0 Å². The smallest absolute Gasteiger partial charge is 0.341 e. The first-order valence-corrected chi connectivity index (χ1v) is 7.82. The van der Waals surface area contributed by atoms with Gasteiger partial charge in [-0.15, -0.1) is 0 Å². The van der Waals surface area contributed by atoms with E-state index in [1.165, 1.54) is 0 Å². The van der Waals surface area contributed by atoms with Gasteiger partial charge >= 0.3 is 5.97 Å². The molecule has 5 nitrogen and oxygen atoms in total. The average molecular weight is 344 g/mol. The number of hydrogen-bond acceptors (Lipinski definition) is 4. The van der Waals surface area contributed by atoms with Crippen LogP contribution in [0.5, 0.6) is 5.75 Å². The van der Waals surface area contributed by atoms with Crippen LogP contribution in [0.4, 0.5) is 0 Å². The number of benzene rings is 1. The van der Waals surface area contributed by atoms with Gasteiger partial charge in [-0.25, -0.2) is 4.79 Å². The van der Waals surface area contributed by atoms with Crippen molar-refractivity contribution in [3.8, 4) is 5.75 Å². The lowest BCUT2D eigenvalue weighted by Crippen LogP contribution is -2.25. The highest BCUT2D eigenvalue weighted by Crippen LogP contribution is 2.53. The summed E-state index contributed by atoms with van der Waals surface area (Å²) in [6.07, 6.45) is 4.77. The fraction of sp³-hybridized carbons (Fsp3) is 0.467. The zero-order chi connectivity index (χ0) is 15.9. The molecule has 2 N–H and O–H groups in total. The molecule has 0 unspecified atom stereocenters. The Morgan fingerprint density at radius 1 is 1.32 bits per heavy atom. The molecule has 0 bridgehead atoms. The molecule has 0 aliphatic heterocycles. The van der Waals surface area contributed by atoms with Crippen LogP contribution in [0.15, 0.2) is 11.2 Å². The number of ether oxygens (including phenoxy) is 1. The molecular weight excluding hydrogens is 329 g/mol. The van der Waals surface area contributed by atoms with Gasteiger partial charge in [0, 0.05) is 11.0 Å². The van der Waals surface area contributed by atoms with Gasteiger partial charge in [-0.05, 0) is 30.9 Å². The monoisotopic (exact) mass is 343 g/mol. The predicted octanol–water partition coefficient (Wildman–Crippen LogP) is 3.75. The Balaban J connectivity index is 2.05. The summed E-state index contributed by atoms with van der Waals surface area (Å²) in [5.74, 6) is -0.835. The maximum atomic E-state index is 10.7. The number of carbonyl (C=O) groups is 1. The SMILES string of the molecule is O=C(O)COc1cc2c(c(Cl)c1Cl)C(=NO)C1(CCCC1)C2. The molecule has 2 aliphatic carbocycles. The Morgan fingerprint density at radius 2 is 2.00 bits per heavy atom. The van der Waals surface area contributed by atoms with Crippen LogP contribution in [-0.2, 0) is 11.2 Å². The second-order valence-corrected chi connectivity index (χ2v) is 6.59. The van der Waals surface area contributed by atoms with Crippen LogP contribution >= 0.6 is 23.2 Å². The van der Waals surface area contributed by atoms with Crippen molar-refractivity contribution in [1.82, 2.24) is 0 Å². The van der Waals surface area contributed by atoms with Gasteiger partial charge in [0.1, 0.15) is 10.8 Å². The van der Waals surface area contributed by atoms with Gasteiger partial charge < -0.3 is 15.1 Å². The molecule has 1 aromatic carbocycles. The average Bonchev–Trinajstić information content (AvgIpc) is 3.06. The van der Waals surface area contributed by atoms with Gasteiger partial charge in [-0.1, -0.05) is 41.2 Å². The maximum absolute atomic E-state index is 10.7. The van der Waals surface area contributed by atoms with Crippen LogP contribution in [0.1, 0.15) is 36.8 Å². The molecule has 0 heterocycles. The van der Waals surface area contributed by atoms with Crippen molar-refractivity contribution in [2.75, 3.05) is 6.61 Å². The molecule has 0 saturated heterocycles. The molecule has 7 heteroatoms. The van der Waals surface area contributed by atoms with Crippen molar-refractivity contribution in [2.45, 2.75) is 32.1 Å². The summed E-state index contributed by atoms with van der Waals surface area (Å²) in [6.45, 7) is -0.485. The minimum atomic E-state index is -1.09. The number of halogens is 2. The summed E-state index contributed by atoms with van der Waals surface area (Å²) in [5, 5.41) is 22.1. The Labute approximate surface area is 137 Å². The summed E-state index contributed by atoms with van der Waals surface area (Å²) in [7, 11) is 0. The summed E-state index contributed by atoms with van der Waals surface area (Å²) >= 11 is 12.5. The van der Waals surface area contributed by atoms with Crippen LogP contribution < -0.4 is 4.74 Å². The van der Waals surface area contributed by atoms with Crippen LogP contribution in [0.25, 0.3) is 0 Å². The maximum Gasteiger partial charge on any atom is 0.341 e. The van der Waals surface area contributed by atoms with E-state index >= 15 is 0 Å². The zero-order valence-electron chi connectivity index (χ0n) is 11.7. The van der Waals surface area contributed by atoms with Crippen LogP contribution in [0, 0.1) is 5.41 Å². The van der Waals surface area contributed by atoms with E-state index in [1.54, 1.807) is 6.07 Å². The van der Waals surface area contributed by atoms with Crippen LogP contribution in [0.3, 0.4) is 0 Å². The molecule has 1 spiro atoms. The molecule has 3 rings (SSSR count). The van der Waals surface area contributed by atoms with Crippen molar-refractivity contribution in [2.24, 2.45) is 10.6 Å². The molecule has 1 saturated carbocycles. The van der Waals surface area contributed by atoms with E-state index in [-0.39, 0.29) is 21.2 Å². The van der Waals surface area contributed by atoms with E-state index < -0.39 is 12.6 Å². The highest BCUT2D eigenvalue weighted by Gasteiger charge is 2.47. The molecule has 118 valence electrons. The second kappa shape index (κ2) is 5.63. The Hall–Kier alpha value is -1.46. The fourth-order valence-corrected chi connectivity index (χ4v) is 4.14. The van der Waals surface area contributed by atoms with E-state index in [4.69, 9.17) is 33.0 Å². The zero-order valence-corrected chi connectivity index (χ0v) is 13.2. The third-order valence-corrected chi connectivity index (χ3v) is 5.38. The van der Waals surface area contributed by atoms with E-state index in [9.17, 15) is 10.0 Å². The Kier molecular flexibility index (Phi) is 3.95. The van der Waals surface area contributed by atoms with Crippen molar-refractivity contribution >= 4 is 34.9 Å².